The number of para-hydroxylation sites is 1. The van der Waals surface area contributed by atoms with Crippen LogP contribution in [0.1, 0.15) is 18.9 Å². The van der Waals surface area contributed by atoms with Crippen molar-refractivity contribution in [1.29, 1.82) is 0 Å². The maximum Gasteiger partial charge on any atom is 0.273 e. The van der Waals surface area contributed by atoms with E-state index in [1.165, 1.54) is 0 Å². The molecule has 2 unspecified atom stereocenters. The number of nitrogens with two attached hydrogens (primary N) is 1. The molecule has 5 nitrogen and oxygen atoms in total. The largest absolute Gasteiger partial charge is 0.326 e. The van der Waals surface area contributed by atoms with E-state index in [-0.39, 0.29) is 16.7 Å². The number of nitro benzene ring substituents is 1. The lowest BCUT2D eigenvalue weighted by atomic mass is 9.94. The summed E-state index contributed by atoms with van der Waals surface area (Å²) in [6, 6.07) is 7.09. The molecule has 0 aromatic heterocycles. The molecule has 2 N–H and O–H groups in total. The van der Waals surface area contributed by atoms with E-state index < -0.39 is 0 Å². The fourth-order valence-corrected chi connectivity index (χ4v) is 2.38. The van der Waals surface area contributed by atoms with E-state index in [1.807, 2.05) is 12.1 Å². The minimum Gasteiger partial charge on any atom is -0.326 e. The van der Waals surface area contributed by atoms with Crippen molar-refractivity contribution in [1.82, 2.24) is 4.90 Å². The normalized spacial score (nSPS) is 25.0. The van der Waals surface area contributed by atoms with Crippen LogP contribution in [0.15, 0.2) is 24.3 Å². The third-order valence-corrected chi connectivity index (χ3v) is 3.68. The Bertz CT molecular complexity index is 436. The fraction of sp³-hybridized carbons (Fsp3) is 0.538. The van der Waals surface area contributed by atoms with E-state index in [2.05, 4.69) is 11.8 Å². The predicted octanol–water partition coefficient (Wildman–Crippen LogP) is 1.76. The molecule has 0 amide bonds. The summed E-state index contributed by atoms with van der Waals surface area (Å²) in [6.45, 7) is 4.54. The molecule has 1 fully saturated rings. The van der Waals surface area contributed by atoms with Crippen molar-refractivity contribution in [2.75, 3.05) is 13.1 Å². The van der Waals surface area contributed by atoms with Gasteiger partial charge in [0.2, 0.25) is 0 Å². The first-order valence-corrected chi connectivity index (χ1v) is 6.28. The smallest absolute Gasteiger partial charge is 0.273 e. The molecule has 0 radical (unpaired) electrons. The van der Waals surface area contributed by atoms with E-state index in [4.69, 9.17) is 5.73 Å². The second-order valence-electron chi connectivity index (χ2n) is 5.05. The molecule has 1 aromatic rings. The molecule has 1 saturated heterocycles. The molecule has 2 rings (SSSR count). The number of benzene rings is 1. The lowest BCUT2D eigenvalue weighted by molar-refractivity contribution is -0.385. The number of hydrogen-bond acceptors (Lipinski definition) is 4. The van der Waals surface area contributed by atoms with Gasteiger partial charge in [0.25, 0.3) is 5.69 Å². The Hall–Kier alpha value is -1.46. The molecule has 2 atom stereocenters. The fourth-order valence-electron chi connectivity index (χ4n) is 2.38. The molecule has 0 bridgehead atoms. The van der Waals surface area contributed by atoms with Gasteiger partial charge in [0.15, 0.2) is 0 Å². The first-order chi connectivity index (χ1) is 8.58. The van der Waals surface area contributed by atoms with E-state index in [9.17, 15) is 10.1 Å². The van der Waals surface area contributed by atoms with Crippen LogP contribution in [0, 0.1) is 16.0 Å². The van der Waals surface area contributed by atoms with Crippen molar-refractivity contribution in [3.63, 3.8) is 0 Å². The number of likely N-dealkylation sites (tertiary alicyclic amines) is 1. The average molecular weight is 249 g/mol. The van der Waals surface area contributed by atoms with Gasteiger partial charge in [-0.2, -0.15) is 0 Å². The van der Waals surface area contributed by atoms with Crippen molar-refractivity contribution in [3.8, 4) is 0 Å². The molecule has 0 spiro atoms. The van der Waals surface area contributed by atoms with E-state index in [0.717, 1.165) is 25.1 Å². The van der Waals surface area contributed by atoms with Gasteiger partial charge in [-0.25, -0.2) is 0 Å². The number of hydrogen-bond donors (Lipinski definition) is 1. The third-order valence-electron chi connectivity index (χ3n) is 3.68. The van der Waals surface area contributed by atoms with Gasteiger partial charge >= 0.3 is 0 Å². The number of rotatable bonds is 3. The zero-order valence-electron chi connectivity index (χ0n) is 10.6. The van der Waals surface area contributed by atoms with Crippen LogP contribution in [0.3, 0.4) is 0 Å². The zero-order valence-corrected chi connectivity index (χ0v) is 10.6. The van der Waals surface area contributed by atoms with Crippen LogP contribution >= 0.6 is 0 Å². The Morgan fingerprint density at radius 2 is 2.22 bits per heavy atom. The molecule has 0 aliphatic carbocycles. The summed E-state index contributed by atoms with van der Waals surface area (Å²) in [5, 5.41) is 10.9. The topological polar surface area (TPSA) is 72.4 Å². The van der Waals surface area contributed by atoms with Crippen molar-refractivity contribution in [2.45, 2.75) is 25.9 Å². The average Bonchev–Trinajstić information content (AvgIpc) is 2.34. The SMILES string of the molecule is CC1CCN(Cc2ccccc2[N+](=O)[O-])CC1N. The quantitative estimate of drug-likeness (QED) is 0.654. The zero-order chi connectivity index (χ0) is 13.1. The first-order valence-electron chi connectivity index (χ1n) is 6.28. The van der Waals surface area contributed by atoms with Gasteiger partial charge in [-0.3, -0.25) is 15.0 Å². The lowest BCUT2D eigenvalue weighted by Crippen LogP contribution is -2.47. The predicted molar refractivity (Wildman–Crippen MR) is 70.1 cm³/mol. The Balaban J connectivity index is 2.08. The van der Waals surface area contributed by atoms with Gasteiger partial charge in [-0.1, -0.05) is 25.1 Å². The first kappa shape index (κ1) is 13.0. The van der Waals surface area contributed by atoms with Crippen molar-refractivity contribution >= 4 is 5.69 Å². The summed E-state index contributed by atoms with van der Waals surface area (Å²) in [5.74, 6) is 0.534. The molecule has 5 heteroatoms. The third kappa shape index (κ3) is 2.86. The molecule has 1 aromatic carbocycles. The molecule has 1 aliphatic rings. The molecular formula is C13H19N3O2. The molecule has 18 heavy (non-hydrogen) atoms. The van der Waals surface area contributed by atoms with Crippen LogP contribution in [0.5, 0.6) is 0 Å². The van der Waals surface area contributed by atoms with Crippen molar-refractivity contribution in [3.05, 3.63) is 39.9 Å². The second kappa shape index (κ2) is 5.46. The summed E-state index contributed by atoms with van der Waals surface area (Å²) in [5.41, 5.74) is 7.01. The minimum absolute atomic E-state index is 0.168. The standard InChI is InChI=1S/C13H19N3O2/c1-10-6-7-15(9-12(10)14)8-11-4-2-3-5-13(11)16(17)18/h2-5,10,12H,6-9,14H2,1H3. The van der Waals surface area contributed by atoms with E-state index in [0.29, 0.717) is 12.5 Å². The van der Waals surface area contributed by atoms with E-state index in [1.54, 1.807) is 12.1 Å². The van der Waals surface area contributed by atoms with Crippen molar-refractivity contribution in [2.24, 2.45) is 11.7 Å². The van der Waals surface area contributed by atoms with Gasteiger partial charge in [-0.15, -0.1) is 0 Å². The molecule has 98 valence electrons. The summed E-state index contributed by atoms with van der Waals surface area (Å²) in [4.78, 5) is 12.8. The number of nitro groups is 1. The second-order valence-corrected chi connectivity index (χ2v) is 5.05. The Morgan fingerprint density at radius 3 is 2.89 bits per heavy atom. The van der Waals surface area contributed by atoms with Gasteiger partial charge in [0, 0.05) is 30.8 Å². The number of piperidine rings is 1. The molecular weight excluding hydrogens is 230 g/mol. The van der Waals surface area contributed by atoms with E-state index >= 15 is 0 Å². The highest BCUT2D eigenvalue weighted by Crippen LogP contribution is 2.22. The Labute approximate surface area is 107 Å². The van der Waals surface area contributed by atoms with Crippen LogP contribution in [-0.2, 0) is 6.54 Å². The summed E-state index contributed by atoms with van der Waals surface area (Å²) < 4.78 is 0. The van der Waals surface area contributed by atoms with Crippen LogP contribution < -0.4 is 5.73 Å². The lowest BCUT2D eigenvalue weighted by Gasteiger charge is -2.34. The Kier molecular flexibility index (Phi) is 3.93. The highest BCUT2D eigenvalue weighted by Gasteiger charge is 2.24. The molecule has 0 saturated carbocycles. The van der Waals surface area contributed by atoms with Crippen LogP contribution in [0.25, 0.3) is 0 Å². The van der Waals surface area contributed by atoms with Crippen molar-refractivity contribution < 1.29 is 4.92 Å². The van der Waals surface area contributed by atoms with Gasteiger partial charge in [0.1, 0.15) is 0 Å². The summed E-state index contributed by atoms with van der Waals surface area (Å²) >= 11 is 0. The Morgan fingerprint density at radius 1 is 1.50 bits per heavy atom. The highest BCUT2D eigenvalue weighted by molar-refractivity contribution is 5.39. The minimum atomic E-state index is -0.318. The number of nitrogens with zero attached hydrogens (tertiary/aromatic N) is 2. The maximum absolute atomic E-state index is 10.9. The van der Waals surface area contributed by atoms with Crippen LogP contribution in [0.2, 0.25) is 0 Å². The van der Waals surface area contributed by atoms with Gasteiger partial charge in [0.05, 0.1) is 4.92 Å². The maximum atomic E-state index is 10.9. The highest BCUT2D eigenvalue weighted by atomic mass is 16.6. The monoisotopic (exact) mass is 249 g/mol. The van der Waals surface area contributed by atoms with Crippen LogP contribution in [-0.4, -0.2) is 29.0 Å². The van der Waals surface area contributed by atoms with Gasteiger partial charge < -0.3 is 5.73 Å². The summed E-state index contributed by atoms with van der Waals surface area (Å²) in [7, 11) is 0. The van der Waals surface area contributed by atoms with Crippen LogP contribution in [0.4, 0.5) is 5.69 Å². The summed E-state index contributed by atoms with van der Waals surface area (Å²) in [6.07, 6.45) is 1.06. The van der Waals surface area contributed by atoms with Gasteiger partial charge in [-0.05, 0) is 18.9 Å². The molecule has 1 aliphatic heterocycles. The molecule has 1 heterocycles.